The molecule has 1 saturated heterocycles. The Labute approximate surface area is 222 Å². The summed E-state index contributed by atoms with van der Waals surface area (Å²) in [6, 6.07) is 13.5. The van der Waals surface area contributed by atoms with E-state index in [-0.39, 0.29) is 64.9 Å². The molecule has 1 N–H and O–H groups in total. The summed E-state index contributed by atoms with van der Waals surface area (Å²) in [6.07, 6.45) is 0. The molecule has 3 aromatic carbocycles. The van der Waals surface area contributed by atoms with E-state index in [1.165, 1.54) is 24.3 Å². The molecule has 5 rings (SSSR count). The number of ether oxygens (including phenoxy) is 2. The average Bonchev–Trinajstić information content (AvgIpc) is 2.95. The number of hydrogen-bond donors (Lipinski definition) is 1. The Bertz CT molecular complexity index is 1630. The van der Waals surface area contributed by atoms with Gasteiger partial charge in [-0.3, -0.25) is 14.4 Å². The van der Waals surface area contributed by atoms with E-state index in [9.17, 15) is 32.0 Å². The number of benzene rings is 3. The first kappa shape index (κ1) is 26.4. The van der Waals surface area contributed by atoms with E-state index in [1.54, 1.807) is 18.2 Å². The zero-order valence-electron chi connectivity index (χ0n) is 20.3. The van der Waals surface area contributed by atoms with Gasteiger partial charge in [-0.25, -0.2) is 17.6 Å². The van der Waals surface area contributed by atoms with E-state index < -0.39 is 45.7 Å². The minimum atomic E-state index is -4.01. The number of carbonyl (C=O) groups excluding carboxylic acids is 4. The highest BCUT2D eigenvalue weighted by atomic mass is 32.2. The highest BCUT2D eigenvalue weighted by molar-refractivity contribution is 7.89. The van der Waals surface area contributed by atoms with Crippen LogP contribution < -0.4 is 5.32 Å². The monoisotopic (exact) mass is 552 g/mol. The predicted molar refractivity (Wildman–Crippen MR) is 135 cm³/mol. The molecule has 0 aromatic heterocycles. The summed E-state index contributed by atoms with van der Waals surface area (Å²) in [7, 11) is -4.01. The number of hydrogen-bond acceptors (Lipinski definition) is 8. The summed E-state index contributed by atoms with van der Waals surface area (Å²) in [4.78, 5) is 50.8. The Morgan fingerprint density at radius 2 is 1.59 bits per heavy atom. The molecule has 1 fully saturated rings. The zero-order chi connectivity index (χ0) is 27.7. The van der Waals surface area contributed by atoms with Crippen LogP contribution in [0.3, 0.4) is 0 Å². The van der Waals surface area contributed by atoms with E-state index in [4.69, 9.17) is 9.47 Å². The number of esters is 1. The van der Waals surface area contributed by atoms with Gasteiger partial charge in [0.2, 0.25) is 10.0 Å². The Balaban J connectivity index is 1.30. The number of amides is 1. The summed E-state index contributed by atoms with van der Waals surface area (Å²) < 4.78 is 51.4. The van der Waals surface area contributed by atoms with Gasteiger partial charge in [0.25, 0.3) is 5.91 Å². The maximum absolute atomic E-state index is 14.4. The van der Waals surface area contributed by atoms with Crippen LogP contribution in [0.4, 0.5) is 10.1 Å². The number of rotatable bonds is 6. The third kappa shape index (κ3) is 4.97. The molecule has 0 saturated carbocycles. The van der Waals surface area contributed by atoms with E-state index in [1.807, 2.05) is 0 Å². The molecular weight excluding hydrogens is 531 g/mol. The van der Waals surface area contributed by atoms with Gasteiger partial charge in [-0.05, 0) is 24.3 Å². The number of nitrogens with zero attached hydrogens (tertiary/aromatic N) is 1. The lowest BCUT2D eigenvalue weighted by Crippen LogP contribution is -2.40. The van der Waals surface area contributed by atoms with Gasteiger partial charge >= 0.3 is 5.97 Å². The maximum Gasteiger partial charge on any atom is 0.341 e. The topological polar surface area (TPSA) is 136 Å². The van der Waals surface area contributed by atoms with Crippen molar-refractivity contribution in [2.45, 2.75) is 4.90 Å². The van der Waals surface area contributed by atoms with Crippen molar-refractivity contribution in [2.75, 3.05) is 38.2 Å². The van der Waals surface area contributed by atoms with Gasteiger partial charge in [-0.15, -0.1) is 0 Å². The quantitative estimate of drug-likeness (QED) is 0.360. The van der Waals surface area contributed by atoms with E-state index in [2.05, 4.69) is 5.32 Å². The molecule has 0 spiro atoms. The molecule has 2 aliphatic rings. The highest BCUT2D eigenvalue weighted by Crippen LogP contribution is 2.32. The molecule has 1 aliphatic carbocycles. The minimum Gasteiger partial charge on any atom is -0.452 e. The number of ketones is 2. The first-order valence-electron chi connectivity index (χ1n) is 11.8. The predicted octanol–water partition coefficient (Wildman–Crippen LogP) is 2.42. The summed E-state index contributed by atoms with van der Waals surface area (Å²) in [5.41, 5.74) is -0.0302. The molecule has 0 bridgehead atoms. The number of sulfonamides is 1. The van der Waals surface area contributed by atoms with E-state index >= 15 is 0 Å². The van der Waals surface area contributed by atoms with Crippen LogP contribution >= 0.6 is 0 Å². The summed E-state index contributed by atoms with van der Waals surface area (Å²) >= 11 is 0. The molecule has 3 aromatic rings. The van der Waals surface area contributed by atoms with Crippen LogP contribution in [0, 0.1) is 5.82 Å². The molecule has 0 unspecified atom stereocenters. The third-order valence-corrected chi connectivity index (χ3v) is 8.22. The fraction of sp³-hybridized carbons (Fsp3) is 0.185. The molecule has 10 nitrogen and oxygen atoms in total. The SMILES string of the molecule is O=C(COC(=O)c1cc(S(=O)(=O)N2CCOCC2)ccc1F)Nc1cccc2c1C(=O)c1ccccc1C2=O. The largest absolute Gasteiger partial charge is 0.452 e. The second kappa shape index (κ2) is 10.5. The van der Waals surface area contributed by atoms with Crippen LogP contribution in [0.5, 0.6) is 0 Å². The molecule has 1 heterocycles. The van der Waals surface area contributed by atoms with Gasteiger partial charge in [-0.1, -0.05) is 36.4 Å². The number of fused-ring (bicyclic) bond motifs is 2. The molecule has 0 atom stereocenters. The molecule has 0 radical (unpaired) electrons. The van der Waals surface area contributed by atoms with Crippen molar-refractivity contribution < 1.29 is 41.5 Å². The van der Waals surface area contributed by atoms with Crippen LogP contribution in [-0.4, -0.2) is 69.1 Å². The normalized spacial score (nSPS) is 15.3. The van der Waals surface area contributed by atoms with Gasteiger partial charge in [-0.2, -0.15) is 4.31 Å². The molecule has 1 aliphatic heterocycles. The fourth-order valence-electron chi connectivity index (χ4n) is 4.40. The van der Waals surface area contributed by atoms with Crippen molar-refractivity contribution in [3.8, 4) is 0 Å². The first-order chi connectivity index (χ1) is 18.7. The van der Waals surface area contributed by atoms with Crippen molar-refractivity contribution in [1.29, 1.82) is 0 Å². The lowest BCUT2D eigenvalue weighted by Gasteiger charge is -2.26. The summed E-state index contributed by atoms with van der Waals surface area (Å²) in [6.45, 7) is -0.213. The van der Waals surface area contributed by atoms with Crippen LogP contribution in [0.2, 0.25) is 0 Å². The van der Waals surface area contributed by atoms with E-state index in [0.717, 1.165) is 22.5 Å². The van der Waals surface area contributed by atoms with Crippen LogP contribution in [0.25, 0.3) is 0 Å². The number of carbonyl (C=O) groups is 4. The fourth-order valence-corrected chi connectivity index (χ4v) is 5.84. The number of anilines is 1. The highest BCUT2D eigenvalue weighted by Gasteiger charge is 2.32. The molecule has 39 heavy (non-hydrogen) atoms. The minimum absolute atomic E-state index is 0.00735. The average molecular weight is 553 g/mol. The number of halogens is 1. The standard InChI is InChI=1S/C27H21FN2O8S/c28-21-9-8-16(39(35,36)30-10-12-37-13-11-30)14-20(21)27(34)38-15-23(31)29-22-7-3-6-19-24(22)26(33)18-5-2-1-4-17(18)25(19)32/h1-9,14H,10-13,15H2,(H,29,31). The molecule has 1 amide bonds. The maximum atomic E-state index is 14.4. The van der Waals surface area contributed by atoms with Crippen molar-refractivity contribution >= 4 is 39.2 Å². The van der Waals surface area contributed by atoms with E-state index in [0.29, 0.717) is 0 Å². The molecule has 12 heteroatoms. The summed E-state index contributed by atoms with van der Waals surface area (Å²) in [5.74, 6) is -3.95. The second-order valence-corrected chi connectivity index (χ2v) is 10.7. The lowest BCUT2D eigenvalue weighted by molar-refractivity contribution is -0.119. The zero-order valence-corrected chi connectivity index (χ0v) is 21.1. The van der Waals surface area contributed by atoms with Crippen LogP contribution in [-0.2, 0) is 24.3 Å². The number of nitrogens with one attached hydrogen (secondary N) is 1. The van der Waals surface area contributed by atoms with Gasteiger partial charge in [0.1, 0.15) is 5.82 Å². The second-order valence-electron chi connectivity index (χ2n) is 8.71. The first-order valence-corrected chi connectivity index (χ1v) is 13.3. The Hall–Kier alpha value is -4.26. The van der Waals surface area contributed by atoms with Gasteiger partial charge in [0.15, 0.2) is 18.2 Å². The third-order valence-electron chi connectivity index (χ3n) is 6.33. The molecular formula is C27H21FN2O8S. The number of morpholine rings is 1. The van der Waals surface area contributed by atoms with Gasteiger partial charge in [0, 0.05) is 29.8 Å². The summed E-state index contributed by atoms with van der Waals surface area (Å²) in [5, 5.41) is 2.45. The molecule has 200 valence electrons. The Kier molecular flexibility index (Phi) is 7.08. The Morgan fingerprint density at radius 3 is 2.31 bits per heavy atom. The van der Waals surface area contributed by atoms with Crippen LogP contribution in [0.15, 0.2) is 65.6 Å². The van der Waals surface area contributed by atoms with Crippen molar-refractivity contribution in [3.05, 3.63) is 94.3 Å². The smallest absolute Gasteiger partial charge is 0.341 e. The Morgan fingerprint density at radius 1 is 0.923 bits per heavy atom. The van der Waals surface area contributed by atoms with Gasteiger partial charge < -0.3 is 14.8 Å². The van der Waals surface area contributed by atoms with Crippen molar-refractivity contribution in [1.82, 2.24) is 4.31 Å². The van der Waals surface area contributed by atoms with Gasteiger partial charge in [0.05, 0.1) is 34.9 Å². The van der Waals surface area contributed by atoms with Crippen LogP contribution in [0.1, 0.15) is 42.2 Å². The van der Waals surface area contributed by atoms with Crippen molar-refractivity contribution in [2.24, 2.45) is 0 Å². The van der Waals surface area contributed by atoms with Crippen molar-refractivity contribution in [3.63, 3.8) is 0 Å². The lowest BCUT2D eigenvalue weighted by atomic mass is 9.83.